The van der Waals surface area contributed by atoms with Gasteiger partial charge in [-0.3, -0.25) is 0 Å². The lowest BCUT2D eigenvalue weighted by Gasteiger charge is -2.26. The lowest BCUT2D eigenvalue weighted by atomic mass is 9.96. The molecule has 1 aliphatic rings. The summed E-state index contributed by atoms with van der Waals surface area (Å²) in [6.45, 7) is 1.58. The third-order valence-electron chi connectivity index (χ3n) is 4.44. The molecule has 128 valence electrons. The molecule has 0 spiro atoms. The molecule has 4 heteroatoms. The van der Waals surface area contributed by atoms with Crippen molar-refractivity contribution in [2.45, 2.75) is 31.9 Å². The molecule has 1 fully saturated rings. The summed E-state index contributed by atoms with van der Waals surface area (Å²) >= 11 is 0. The summed E-state index contributed by atoms with van der Waals surface area (Å²) in [7, 11) is 3.32. The van der Waals surface area contributed by atoms with Crippen LogP contribution in [-0.2, 0) is 6.61 Å². The van der Waals surface area contributed by atoms with Crippen LogP contribution in [0.2, 0.25) is 0 Å². The molecule has 0 unspecified atom stereocenters. The van der Waals surface area contributed by atoms with Gasteiger partial charge >= 0.3 is 0 Å². The van der Waals surface area contributed by atoms with Crippen LogP contribution in [0.5, 0.6) is 17.2 Å². The second kappa shape index (κ2) is 8.06. The average molecular weight is 327 g/mol. The number of piperidine rings is 1. The van der Waals surface area contributed by atoms with Gasteiger partial charge in [-0.25, -0.2) is 0 Å². The van der Waals surface area contributed by atoms with Crippen LogP contribution < -0.4 is 19.5 Å². The van der Waals surface area contributed by atoms with E-state index in [9.17, 15) is 0 Å². The van der Waals surface area contributed by atoms with Gasteiger partial charge in [0.15, 0.2) is 11.5 Å². The SMILES string of the molecule is COc1cc(OCc2ccccc2)c([C@H]2CCCCN2)cc1OC. The van der Waals surface area contributed by atoms with Gasteiger partial charge < -0.3 is 19.5 Å². The maximum absolute atomic E-state index is 6.14. The summed E-state index contributed by atoms with van der Waals surface area (Å²) in [4.78, 5) is 0. The minimum Gasteiger partial charge on any atom is -0.493 e. The molecule has 0 aliphatic carbocycles. The molecule has 1 saturated heterocycles. The topological polar surface area (TPSA) is 39.7 Å². The largest absolute Gasteiger partial charge is 0.493 e. The minimum absolute atomic E-state index is 0.296. The normalized spacial score (nSPS) is 17.3. The van der Waals surface area contributed by atoms with Crippen molar-refractivity contribution in [2.75, 3.05) is 20.8 Å². The summed E-state index contributed by atoms with van der Waals surface area (Å²) in [5.41, 5.74) is 2.29. The molecule has 2 aromatic carbocycles. The number of ether oxygens (including phenoxy) is 3. The van der Waals surface area contributed by atoms with E-state index in [0.717, 1.165) is 35.6 Å². The second-order valence-electron chi connectivity index (χ2n) is 6.02. The van der Waals surface area contributed by atoms with Gasteiger partial charge in [-0.15, -0.1) is 0 Å². The Hall–Kier alpha value is -2.20. The Labute approximate surface area is 143 Å². The van der Waals surface area contributed by atoms with E-state index >= 15 is 0 Å². The van der Waals surface area contributed by atoms with E-state index in [0.29, 0.717) is 18.4 Å². The number of methoxy groups -OCH3 is 2. The highest BCUT2D eigenvalue weighted by Gasteiger charge is 2.22. The first kappa shape index (κ1) is 16.7. The van der Waals surface area contributed by atoms with Crippen molar-refractivity contribution in [3.05, 3.63) is 53.6 Å². The first-order valence-corrected chi connectivity index (χ1v) is 8.48. The highest BCUT2D eigenvalue weighted by Crippen LogP contribution is 2.39. The van der Waals surface area contributed by atoms with Crippen molar-refractivity contribution in [3.8, 4) is 17.2 Å². The van der Waals surface area contributed by atoms with Crippen LogP contribution in [0.15, 0.2) is 42.5 Å². The Morgan fingerprint density at radius 1 is 0.958 bits per heavy atom. The Morgan fingerprint density at radius 3 is 2.38 bits per heavy atom. The third-order valence-corrected chi connectivity index (χ3v) is 4.44. The van der Waals surface area contributed by atoms with Crippen molar-refractivity contribution in [2.24, 2.45) is 0 Å². The summed E-state index contributed by atoms with van der Waals surface area (Å²) in [6, 6.07) is 14.5. The molecule has 0 radical (unpaired) electrons. The van der Waals surface area contributed by atoms with Gasteiger partial charge in [-0.1, -0.05) is 36.8 Å². The predicted octanol–water partition coefficient (Wildman–Crippen LogP) is 4.10. The number of benzene rings is 2. The van der Waals surface area contributed by atoms with E-state index in [-0.39, 0.29) is 0 Å². The zero-order valence-electron chi connectivity index (χ0n) is 14.4. The average Bonchev–Trinajstić information content (AvgIpc) is 2.67. The number of hydrogen-bond donors (Lipinski definition) is 1. The van der Waals surface area contributed by atoms with Crippen molar-refractivity contribution in [3.63, 3.8) is 0 Å². The molecule has 0 amide bonds. The van der Waals surface area contributed by atoms with E-state index in [4.69, 9.17) is 14.2 Å². The molecule has 2 aromatic rings. The maximum atomic E-state index is 6.14. The van der Waals surface area contributed by atoms with Crippen LogP contribution >= 0.6 is 0 Å². The highest BCUT2D eigenvalue weighted by atomic mass is 16.5. The van der Waals surface area contributed by atoms with Crippen LogP contribution in [0.1, 0.15) is 36.4 Å². The zero-order valence-corrected chi connectivity index (χ0v) is 14.4. The number of rotatable bonds is 6. The second-order valence-corrected chi connectivity index (χ2v) is 6.02. The van der Waals surface area contributed by atoms with Gasteiger partial charge in [-0.2, -0.15) is 0 Å². The molecular formula is C20H25NO3. The van der Waals surface area contributed by atoms with Gasteiger partial charge in [0.05, 0.1) is 14.2 Å². The molecule has 1 heterocycles. The van der Waals surface area contributed by atoms with Crippen LogP contribution in [0, 0.1) is 0 Å². The molecule has 0 saturated carbocycles. The quantitative estimate of drug-likeness (QED) is 0.867. The lowest BCUT2D eigenvalue weighted by molar-refractivity contribution is 0.288. The third kappa shape index (κ3) is 3.82. The van der Waals surface area contributed by atoms with Crippen LogP contribution in [0.3, 0.4) is 0 Å². The van der Waals surface area contributed by atoms with Gasteiger partial charge in [0.25, 0.3) is 0 Å². The Kier molecular flexibility index (Phi) is 5.59. The van der Waals surface area contributed by atoms with Gasteiger partial charge in [0.2, 0.25) is 0 Å². The Balaban J connectivity index is 1.88. The van der Waals surface area contributed by atoms with Crippen molar-refractivity contribution in [1.82, 2.24) is 5.32 Å². The Bertz CT molecular complexity index is 651. The molecule has 0 bridgehead atoms. The number of nitrogens with one attached hydrogen (secondary N) is 1. The molecule has 0 aromatic heterocycles. The molecule has 1 atom stereocenters. The fourth-order valence-corrected chi connectivity index (χ4v) is 3.13. The summed E-state index contributed by atoms with van der Waals surface area (Å²) in [5.74, 6) is 2.29. The highest BCUT2D eigenvalue weighted by molar-refractivity contribution is 5.52. The van der Waals surface area contributed by atoms with E-state index < -0.39 is 0 Å². The van der Waals surface area contributed by atoms with E-state index in [1.54, 1.807) is 14.2 Å². The molecule has 1 N–H and O–H groups in total. The zero-order chi connectivity index (χ0) is 16.8. The van der Waals surface area contributed by atoms with Crippen LogP contribution in [0.25, 0.3) is 0 Å². The molecule has 1 aliphatic heterocycles. The summed E-state index contributed by atoms with van der Waals surface area (Å²) < 4.78 is 17.1. The van der Waals surface area contributed by atoms with Gasteiger partial charge in [0, 0.05) is 17.7 Å². The first-order valence-electron chi connectivity index (χ1n) is 8.48. The molecule has 4 nitrogen and oxygen atoms in total. The molecular weight excluding hydrogens is 302 g/mol. The smallest absolute Gasteiger partial charge is 0.164 e. The monoisotopic (exact) mass is 327 g/mol. The predicted molar refractivity (Wildman–Crippen MR) is 94.9 cm³/mol. The fourth-order valence-electron chi connectivity index (χ4n) is 3.13. The fraction of sp³-hybridized carbons (Fsp3) is 0.400. The lowest BCUT2D eigenvalue weighted by Crippen LogP contribution is -2.27. The Morgan fingerprint density at radius 2 is 1.71 bits per heavy atom. The van der Waals surface area contributed by atoms with Crippen LogP contribution in [0.4, 0.5) is 0 Å². The summed E-state index contributed by atoms with van der Waals surface area (Å²) in [5, 5.41) is 3.59. The van der Waals surface area contributed by atoms with Crippen LogP contribution in [-0.4, -0.2) is 20.8 Å². The van der Waals surface area contributed by atoms with Crippen molar-refractivity contribution < 1.29 is 14.2 Å². The summed E-state index contributed by atoms with van der Waals surface area (Å²) in [6.07, 6.45) is 3.56. The van der Waals surface area contributed by atoms with Crippen molar-refractivity contribution in [1.29, 1.82) is 0 Å². The minimum atomic E-state index is 0.296. The first-order chi connectivity index (χ1) is 11.8. The number of hydrogen-bond acceptors (Lipinski definition) is 4. The van der Waals surface area contributed by atoms with E-state index in [2.05, 4.69) is 17.4 Å². The maximum Gasteiger partial charge on any atom is 0.164 e. The van der Waals surface area contributed by atoms with Gasteiger partial charge in [0.1, 0.15) is 12.4 Å². The molecule has 3 rings (SSSR count). The van der Waals surface area contributed by atoms with E-state index in [1.807, 2.05) is 30.3 Å². The standard InChI is InChI=1S/C20H25NO3/c1-22-19-12-16(17-10-6-7-11-21-17)18(13-20(19)23-2)24-14-15-8-4-3-5-9-15/h3-5,8-9,12-13,17,21H,6-7,10-11,14H2,1-2H3/t17-/m1/s1. The van der Waals surface area contributed by atoms with Crippen molar-refractivity contribution >= 4 is 0 Å². The molecule has 24 heavy (non-hydrogen) atoms. The van der Waals surface area contributed by atoms with E-state index in [1.165, 1.54) is 12.8 Å². The van der Waals surface area contributed by atoms with Gasteiger partial charge in [-0.05, 0) is 31.0 Å².